The molecule has 0 aliphatic rings. The van der Waals surface area contributed by atoms with Crippen molar-refractivity contribution >= 4 is 22.7 Å². The Morgan fingerprint density at radius 2 is 1.38 bits per heavy atom. The highest BCUT2D eigenvalue weighted by molar-refractivity contribution is 5.59. The molecule has 0 saturated carbocycles. The van der Waals surface area contributed by atoms with E-state index in [0.29, 0.717) is 6.54 Å². The number of rotatable bonds is 6. The number of aromatic nitrogens is 1. The first kappa shape index (κ1) is 18.9. The summed E-state index contributed by atoms with van der Waals surface area (Å²) in [5, 5.41) is 17.2. The minimum atomic E-state index is -0.404. The molecule has 2 N–H and O–H groups in total. The van der Waals surface area contributed by atoms with Gasteiger partial charge < -0.3 is 10.6 Å². The van der Waals surface area contributed by atoms with Crippen LogP contribution in [-0.4, -0.2) is 9.91 Å². The molecule has 0 radical (unpaired) electrons. The molecule has 0 saturated heterocycles. The van der Waals surface area contributed by atoms with Gasteiger partial charge in [0.05, 0.1) is 4.92 Å². The molecular weight excluding hydrogens is 328 g/mol. The van der Waals surface area contributed by atoms with E-state index in [2.05, 4.69) is 15.6 Å². The van der Waals surface area contributed by atoms with Crippen molar-refractivity contribution in [3.8, 4) is 0 Å². The third-order valence-electron chi connectivity index (χ3n) is 3.50. The first-order valence-corrected chi connectivity index (χ1v) is 8.45. The Kier molecular flexibility index (Phi) is 7.12. The van der Waals surface area contributed by atoms with Crippen LogP contribution in [0, 0.1) is 10.1 Å². The predicted octanol–water partition coefficient (Wildman–Crippen LogP) is 5.37. The molecular formula is C20H22N4O2. The quantitative estimate of drug-likeness (QED) is 0.461. The summed E-state index contributed by atoms with van der Waals surface area (Å²) in [6.45, 7) is 4.65. The van der Waals surface area contributed by atoms with E-state index in [1.165, 1.54) is 12.1 Å². The van der Waals surface area contributed by atoms with Crippen LogP contribution in [-0.2, 0) is 6.54 Å². The Bertz CT molecular complexity index is 803. The largest absolute Gasteiger partial charge is 0.381 e. The molecule has 0 spiro atoms. The van der Waals surface area contributed by atoms with Crippen molar-refractivity contribution < 1.29 is 4.92 Å². The molecule has 0 unspecified atom stereocenters. The zero-order valence-electron chi connectivity index (χ0n) is 14.8. The molecule has 0 aliphatic heterocycles. The van der Waals surface area contributed by atoms with Crippen molar-refractivity contribution in [3.05, 3.63) is 88.7 Å². The standard InChI is InChI=1S/C18H16N4O2.C2H6/c23-22(24)18-7-5-15(6-8-18)20-13-14-1-3-16(4-2-14)21-17-9-11-19-12-10-17;1-2/h1-12,20H,13H2,(H,19,21);1-2H3. The van der Waals surface area contributed by atoms with Gasteiger partial charge in [-0.1, -0.05) is 26.0 Å². The van der Waals surface area contributed by atoms with E-state index in [4.69, 9.17) is 0 Å². The summed E-state index contributed by atoms with van der Waals surface area (Å²) in [5.41, 5.74) is 4.04. The van der Waals surface area contributed by atoms with E-state index in [1.807, 2.05) is 50.2 Å². The summed E-state index contributed by atoms with van der Waals surface area (Å²) in [7, 11) is 0. The lowest BCUT2D eigenvalue weighted by molar-refractivity contribution is -0.384. The molecule has 0 atom stereocenters. The maximum Gasteiger partial charge on any atom is 0.269 e. The second-order valence-corrected chi connectivity index (χ2v) is 5.22. The number of hydrogen-bond acceptors (Lipinski definition) is 5. The molecule has 0 fully saturated rings. The lowest BCUT2D eigenvalue weighted by Gasteiger charge is -2.09. The number of benzene rings is 2. The lowest BCUT2D eigenvalue weighted by atomic mass is 10.2. The van der Waals surface area contributed by atoms with Crippen LogP contribution in [0.2, 0.25) is 0 Å². The van der Waals surface area contributed by atoms with Crippen LogP contribution in [0.25, 0.3) is 0 Å². The van der Waals surface area contributed by atoms with Crippen LogP contribution >= 0.6 is 0 Å². The smallest absolute Gasteiger partial charge is 0.269 e. The maximum absolute atomic E-state index is 10.6. The van der Waals surface area contributed by atoms with Gasteiger partial charge in [-0.05, 0) is 42.0 Å². The topological polar surface area (TPSA) is 80.1 Å². The van der Waals surface area contributed by atoms with E-state index >= 15 is 0 Å². The Morgan fingerprint density at radius 1 is 0.846 bits per heavy atom. The Balaban J connectivity index is 0.00000117. The minimum Gasteiger partial charge on any atom is -0.381 e. The van der Waals surface area contributed by atoms with Crippen LogP contribution < -0.4 is 10.6 Å². The summed E-state index contributed by atoms with van der Waals surface area (Å²) in [6, 6.07) is 18.3. The summed E-state index contributed by atoms with van der Waals surface area (Å²) < 4.78 is 0. The lowest BCUT2D eigenvalue weighted by Crippen LogP contribution is -1.99. The number of nitro benzene ring substituents is 1. The zero-order valence-corrected chi connectivity index (χ0v) is 14.8. The average molecular weight is 350 g/mol. The second-order valence-electron chi connectivity index (χ2n) is 5.22. The highest BCUT2D eigenvalue weighted by Crippen LogP contribution is 2.18. The van der Waals surface area contributed by atoms with Crippen molar-refractivity contribution in [2.24, 2.45) is 0 Å². The Labute approximate surface area is 153 Å². The molecule has 0 aliphatic carbocycles. The average Bonchev–Trinajstić information content (AvgIpc) is 2.70. The van der Waals surface area contributed by atoms with Crippen LogP contribution in [0.15, 0.2) is 73.1 Å². The third kappa shape index (κ3) is 5.59. The number of non-ortho nitro benzene ring substituents is 1. The van der Waals surface area contributed by atoms with Gasteiger partial charge in [0.25, 0.3) is 5.69 Å². The summed E-state index contributed by atoms with van der Waals surface area (Å²) >= 11 is 0. The van der Waals surface area contributed by atoms with Crippen molar-refractivity contribution in [1.29, 1.82) is 0 Å². The molecule has 134 valence electrons. The molecule has 3 aromatic rings. The monoisotopic (exact) mass is 350 g/mol. The molecule has 1 heterocycles. The maximum atomic E-state index is 10.6. The second kappa shape index (κ2) is 9.78. The molecule has 3 rings (SSSR count). The first-order chi connectivity index (χ1) is 12.7. The van der Waals surface area contributed by atoms with E-state index in [0.717, 1.165) is 22.6 Å². The van der Waals surface area contributed by atoms with Gasteiger partial charge in [0.1, 0.15) is 0 Å². The fourth-order valence-electron chi connectivity index (χ4n) is 2.21. The van der Waals surface area contributed by atoms with Gasteiger partial charge in [0, 0.05) is 48.1 Å². The number of pyridine rings is 1. The van der Waals surface area contributed by atoms with E-state index < -0.39 is 4.92 Å². The normalized spacial score (nSPS) is 9.62. The van der Waals surface area contributed by atoms with E-state index in [9.17, 15) is 10.1 Å². The van der Waals surface area contributed by atoms with Crippen molar-refractivity contribution in [2.75, 3.05) is 10.6 Å². The number of anilines is 3. The van der Waals surface area contributed by atoms with E-state index in [-0.39, 0.29) is 5.69 Å². The van der Waals surface area contributed by atoms with Gasteiger partial charge in [-0.2, -0.15) is 0 Å². The molecule has 2 aromatic carbocycles. The Morgan fingerprint density at radius 3 is 1.96 bits per heavy atom. The summed E-state index contributed by atoms with van der Waals surface area (Å²) in [4.78, 5) is 14.2. The van der Waals surface area contributed by atoms with Crippen LogP contribution in [0.1, 0.15) is 19.4 Å². The molecule has 0 bridgehead atoms. The van der Waals surface area contributed by atoms with Crippen molar-refractivity contribution in [1.82, 2.24) is 4.98 Å². The molecule has 1 aromatic heterocycles. The number of nitrogens with zero attached hydrogens (tertiary/aromatic N) is 2. The fraction of sp³-hybridized carbons (Fsp3) is 0.150. The zero-order chi connectivity index (χ0) is 18.8. The van der Waals surface area contributed by atoms with Crippen molar-refractivity contribution in [2.45, 2.75) is 20.4 Å². The summed E-state index contributed by atoms with van der Waals surface area (Å²) in [6.07, 6.45) is 3.48. The summed E-state index contributed by atoms with van der Waals surface area (Å²) in [5.74, 6) is 0. The van der Waals surface area contributed by atoms with Crippen LogP contribution in [0.3, 0.4) is 0 Å². The van der Waals surface area contributed by atoms with Gasteiger partial charge in [-0.3, -0.25) is 15.1 Å². The van der Waals surface area contributed by atoms with Gasteiger partial charge >= 0.3 is 0 Å². The molecule has 0 amide bonds. The minimum absolute atomic E-state index is 0.0899. The molecule has 26 heavy (non-hydrogen) atoms. The SMILES string of the molecule is CC.O=[N+]([O-])c1ccc(NCc2ccc(Nc3ccncc3)cc2)cc1. The van der Waals surface area contributed by atoms with Crippen LogP contribution in [0.5, 0.6) is 0 Å². The predicted molar refractivity (Wildman–Crippen MR) is 106 cm³/mol. The molecule has 6 heteroatoms. The third-order valence-corrected chi connectivity index (χ3v) is 3.50. The van der Waals surface area contributed by atoms with Gasteiger partial charge in [0.15, 0.2) is 0 Å². The number of nitro groups is 1. The first-order valence-electron chi connectivity index (χ1n) is 8.45. The fourth-order valence-corrected chi connectivity index (χ4v) is 2.21. The van der Waals surface area contributed by atoms with Gasteiger partial charge in [-0.15, -0.1) is 0 Å². The molecule has 6 nitrogen and oxygen atoms in total. The Hall–Kier alpha value is -3.41. The van der Waals surface area contributed by atoms with Crippen LogP contribution in [0.4, 0.5) is 22.7 Å². The highest BCUT2D eigenvalue weighted by atomic mass is 16.6. The van der Waals surface area contributed by atoms with Gasteiger partial charge in [-0.25, -0.2) is 0 Å². The number of hydrogen-bond donors (Lipinski definition) is 2. The van der Waals surface area contributed by atoms with Gasteiger partial charge in [0.2, 0.25) is 0 Å². The van der Waals surface area contributed by atoms with E-state index in [1.54, 1.807) is 24.5 Å². The highest BCUT2D eigenvalue weighted by Gasteiger charge is 2.03. The number of nitrogens with one attached hydrogen (secondary N) is 2. The van der Waals surface area contributed by atoms with Crippen molar-refractivity contribution in [3.63, 3.8) is 0 Å².